The van der Waals surface area contributed by atoms with Gasteiger partial charge in [0.25, 0.3) is 5.91 Å². The number of amides is 1. The second-order valence-electron chi connectivity index (χ2n) is 3.83. The van der Waals surface area contributed by atoms with Crippen LogP contribution in [0.1, 0.15) is 16.8 Å². The number of carbonyl (C=O) groups excluding carboxylic acids is 1. The molecule has 0 saturated heterocycles. The van der Waals surface area contributed by atoms with Crippen LogP contribution >= 0.6 is 0 Å². The van der Waals surface area contributed by atoms with Crippen LogP contribution in [0.2, 0.25) is 0 Å². The molecule has 1 aromatic carbocycles. The van der Waals surface area contributed by atoms with Crippen LogP contribution in [0, 0.1) is 0 Å². The van der Waals surface area contributed by atoms with E-state index >= 15 is 0 Å². The third-order valence-corrected chi connectivity index (χ3v) is 2.31. The average Bonchev–Trinajstić information content (AvgIpc) is 2.33. The molecule has 6 N–H and O–H groups in total. The van der Waals surface area contributed by atoms with Crippen LogP contribution in [0.25, 0.3) is 0 Å². The summed E-state index contributed by atoms with van der Waals surface area (Å²) in [5, 5.41) is 46.7. The van der Waals surface area contributed by atoms with Crippen molar-refractivity contribution in [1.29, 1.82) is 0 Å². The second kappa shape index (κ2) is 5.78. The van der Waals surface area contributed by atoms with E-state index in [1.165, 1.54) is 0 Å². The number of carboxylic acids is 2. The zero-order chi connectivity index (χ0) is 15.4. The summed E-state index contributed by atoms with van der Waals surface area (Å²) >= 11 is 0. The molecule has 1 atom stereocenters. The Bertz CT molecular complexity index is 545. The van der Waals surface area contributed by atoms with Gasteiger partial charge in [-0.3, -0.25) is 9.59 Å². The minimum absolute atomic E-state index is 0.338. The number of aliphatic carboxylic acids is 2. The standard InChI is InChI=1S/C11H11NO8/c13-6-1-4(2-7(14)9(6)17)10(18)12-5(11(19)20)3-8(15)16/h1-2,5,13-14,17H,3H2,(H,12,18)(H,15,16)(H,19,20)/t5-/m0/s1. The Morgan fingerprint density at radius 2 is 1.55 bits per heavy atom. The average molecular weight is 285 g/mol. The maximum atomic E-state index is 11.7. The lowest BCUT2D eigenvalue weighted by molar-refractivity contribution is -0.145. The molecule has 0 saturated carbocycles. The molecule has 0 aliphatic rings. The summed E-state index contributed by atoms with van der Waals surface area (Å²) in [5.41, 5.74) is -0.338. The van der Waals surface area contributed by atoms with E-state index in [1.807, 2.05) is 5.32 Å². The van der Waals surface area contributed by atoms with E-state index in [1.54, 1.807) is 0 Å². The molecule has 0 heterocycles. The summed E-state index contributed by atoms with van der Waals surface area (Å²) in [6.07, 6.45) is -0.836. The SMILES string of the molecule is O=C(O)C[C@H](NC(=O)c1cc(O)c(O)c(O)c1)C(=O)O. The maximum absolute atomic E-state index is 11.7. The van der Waals surface area contributed by atoms with Crippen LogP contribution in [0.15, 0.2) is 12.1 Å². The highest BCUT2D eigenvalue weighted by Crippen LogP contribution is 2.35. The van der Waals surface area contributed by atoms with E-state index < -0.39 is 47.6 Å². The fourth-order valence-electron chi connectivity index (χ4n) is 1.35. The number of benzene rings is 1. The quantitative estimate of drug-likeness (QED) is 0.392. The third kappa shape index (κ3) is 3.51. The number of nitrogens with one attached hydrogen (secondary N) is 1. The van der Waals surface area contributed by atoms with Gasteiger partial charge in [-0.25, -0.2) is 4.79 Å². The van der Waals surface area contributed by atoms with Gasteiger partial charge in [-0.05, 0) is 12.1 Å². The van der Waals surface area contributed by atoms with Gasteiger partial charge in [0.05, 0.1) is 6.42 Å². The smallest absolute Gasteiger partial charge is 0.326 e. The van der Waals surface area contributed by atoms with Crippen molar-refractivity contribution < 1.29 is 39.9 Å². The zero-order valence-electron chi connectivity index (χ0n) is 9.90. The topological polar surface area (TPSA) is 164 Å². The molecule has 108 valence electrons. The first kappa shape index (κ1) is 15.1. The first-order valence-electron chi connectivity index (χ1n) is 5.22. The molecule has 0 aliphatic heterocycles. The molecule has 0 aliphatic carbocycles. The van der Waals surface area contributed by atoms with Gasteiger partial charge in [0.15, 0.2) is 17.2 Å². The lowest BCUT2D eigenvalue weighted by atomic mass is 10.1. The van der Waals surface area contributed by atoms with Gasteiger partial charge in [0.2, 0.25) is 0 Å². The fourth-order valence-corrected chi connectivity index (χ4v) is 1.35. The van der Waals surface area contributed by atoms with Gasteiger partial charge >= 0.3 is 11.9 Å². The van der Waals surface area contributed by atoms with Crippen molar-refractivity contribution in [2.24, 2.45) is 0 Å². The van der Waals surface area contributed by atoms with E-state index in [0.717, 1.165) is 12.1 Å². The molecule has 9 nitrogen and oxygen atoms in total. The highest BCUT2D eigenvalue weighted by atomic mass is 16.4. The van der Waals surface area contributed by atoms with E-state index in [9.17, 15) is 24.6 Å². The van der Waals surface area contributed by atoms with Crippen molar-refractivity contribution in [3.63, 3.8) is 0 Å². The molecule has 1 amide bonds. The molecular weight excluding hydrogens is 274 g/mol. The molecule has 0 unspecified atom stereocenters. The molecule has 20 heavy (non-hydrogen) atoms. The van der Waals surface area contributed by atoms with Gasteiger partial charge in [-0.15, -0.1) is 0 Å². The monoisotopic (exact) mass is 285 g/mol. The predicted octanol–water partition coefficient (Wildman–Crippen LogP) is -0.539. The van der Waals surface area contributed by atoms with Crippen molar-refractivity contribution in [3.8, 4) is 17.2 Å². The Kier molecular flexibility index (Phi) is 4.36. The Labute approximate surface area is 111 Å². The summed E-state index contributed by atoms with van der Waals surface area (Å²) in [7, 11) is 0. The largest absolute Gasteiger partial charge is 0.504 e. The lowest BCUT2D eigenvalue weighted by Gasteiger charge is -2.13. The Balaban J connectivity index is 2.95. The Hall–Kier alpha value is -2.97. The summed E-state index contributed by atoms with van der Waals surface area (Å²) in [4.78, 5) is 32.9. The van der Waals surface area contributed by atoms with Crippen molar-refractivity contribution in [2.45, 2.75) is 12.5 Å². The molecule has 0 aromatic heterocycles. The van der Waals surface area contributed by atoms with Crippen molar-refractivity contribution in [1.82, 2.24) is 5.32 Å². The number of carbonyl (C=O) groups is 3. The number of carboxylic acid groups (broad SMARTS) is 2. The van der Waals surface area contributed by atoms with Crippen molar-refractivity contribution >= 4 is 17.8 Å². The lowest BCUT2D eigenvalue weighted by Crippen LogP contribution is -2.42. The molecular formula is C11H11NO8. The number of phenolic OH excluding ortho intramolecular Hbond substituents is 3. The maximum Gasteiger partial charge on any atom is 0.326 e. The van der Waals surface area contributed by atoms with Crippen LogP contribution in [0.4, 0.5) is 0 Å². The normalized spacial score (nSPS) is 11.6. The van der Waals surface area contributed by atoms with Gasteiger partial charge in [0, 0.05) is 5.56 Å². The fraction of sp³-hybridized carbons (Fsp3) is 0.182. The first-order chi connectivity index (χ1) is 9.22. The molecule has 9 heteroatoms. The zero-order valence-corrected chi connectivity index (χ0v) is 9.90. The number of hydrogen-bond donors (Lipinski definition) is 6. The van der Waals surface area contributed by atoms with E-state index in [2.05, 4.69) is 0 Å². The molecule has 1 aromatic rings. The van der Waals surface area contributed by atoms with Crippen LogP contribution in [-0.4, -0.2) is 49.4 Å². The summed E-state index contributed by atoms with van der Waals surface area (Å²) in [6.45, 7) is 0. The Morgan fingerprint density at radius 1 is 1.05 bits per heavy atom. The van der Waals surface area contributed by atoms with Gasteiger partial charge in [0.1, 0.15) is 6.04 Å². The van der Waals surface area contributed by atoms with E-state index in [-0.39, 0.29) is 5.56 Å². The number of hydrogen-bond acceptors (Lipinski definition) is 6. The number of aromatic hydroxyl groups is 3. The van der Waals surface area contributed by atoms with Crippen molar-refractivity contribution in [2.75, 3.05) is 0 Å². The van der Waals surface area contributed by atoms with Gasteiger partial charge in [-0.2, -0.15) is 0 Å². The van der Waals surface area contributed by atoms with Crippen LogP contribution in [0.3, 0.4) is 0 Å². The number of rotatable bonds is 5. The molecule has 0 bridgehead atoms. The van der Waals surface area contributed by atoms with Crippen molar-refractivity contribution in [3.05, 3.63) is 17.7 Å². The molecule has 0 fully saturated rings. The predicted molar refractivity (Wildman–Crippen MR) is 62.6 cm³/mol. The number of phenols is 3. The molecule has 0 radical (unpaired) electrons. The van der Waals surface area contributed by atoms with Crippen LogP contribution in [-0.2, 0) is 9.59 Å². The highest BCUT2D eigenvalue weighted by Gasteiger charge is 2.24. The van der Waals surface area contributed by atoms with Gasteiger partial charge < -0.3 is 30.8 Å². The second-order valence-corrected chi connectivity index (χ2v) is 3.83. The summed E-state index contributed by atoms with van der Waals surface area (Å²) < 4.78 is 0. The van der Waals surface area contributed by atoms with Crippen LogP contribution < -0.4 is 5.32 Å². The first-order valence-corrected chi connectivity index (χ1v) is 5.22. The summed E-state index contributed by atoms with van der Waals surface area (Å²) in [6, 6.07) is -0.0770. The third-order valence-electron chi connectivity index (χ3n) is 2.31. The van der Waals surface area contributed by atoms with E-state index in [4.69, 9.17) is 15.3 Å². The Morgan fingerprint density at radius 3 is 1.95 bits per heavy atom. The van der Waals surface area contributed by atoms with Crippen LogP contribution in [0.5, 0.6) is 17.2 Å². The van der Waals surface area contributed by atoms with E-state index in [0.29, 0.717) is 0 Å². The summed E-state index contributed by atoms with van der Waals surface area (Å²) in [5.74, 6) is -6.38. The highest BCUT2D eigenvalue weighted by molar-refractivity contribution is 5.98. The van der Waals surface area contributed by atoms with Gasteiger partial charge in [-0.1, -0.05) is 0 Å². The minimum Gasteiger partial charge on any atom is -0.504 e. The molecule has 1 rings (SSSR count). The molecule has 0 spiro atoms. The minimum atomic E-state index is -1.67.